The molecular weight excluding hydrogens is 340 g/mol. The summed E-state index contributed by atoms with van der Waals surface area (Å²) >= 11 is 0. The predicted molar refractivity (Wildman–Crippen MR) is 124 cm³/mol. The van der Waals surface area contributed by atoms with Gasteiger partial charge in [-0.1, -0.05) is 117 Å². The van der Waals surface area contributed by atoms with Gasteiger partial charge < -0.3 is 0 Å². The first kappa shape index (κ1) is 25.2. The lowest BCUT2D eigenvalue weighted by Gasteiger charge is -2.06. The first-order valence-electron chi connectivity index (χ1n) is 12.7. The van der Waals surface area contributed by atoms with Gasteiger partial charge in [0.15, 0.2) is 0 Å². The molecule has 0 saturated heterocycles. The van der Waals surface area contributed by atoms with Crippen LogP contribution in [0, 0.1) is 0 Å². The highest BCUT2D eigenvalue weighted by Gasteiger charge is 2.17. The molecule has 0 unspecified atom stereocenters. The summed E-state index contributed by atoms with van der Waals surface area (Å²) < 4.78 is 4.73. The molecule has 0 amide bonds. The van der Waals surface area contributed by atoms with Crippen LogP contribution in [0.1, 0.15) is 142 Å². The highest BCUT2D eigenvalue weighted by molar-refractivity contribution is 4.88. The third kappa shape index (κ3) is 11.9. The van der Waals surface area contributed by atoms with Crippen LogP contribution in [0.25, 0.3) is 0 Å². The van der Waals surface area contributed by atoms with Gasteiger partial charge in [0, 0.05) is 0 Å². The number of imidazole rings is 1. The third-order valence-electron chi connectivity index (χ3n) is 6.14. The highest BCUT2D eigenvalue weighted by atomic mass is 15.1. The van der Waals surface area contributed by atoms with Gasteiger partial charge in [-0.05, 0) is 12.8 Å². The summed E-state index contributed by atoms with van der Waals surface area (Å²) in [6, 6.07) is 0. The Labute approximate surface area is 177 Å². The van der Waals surface area contributed by atoms with E-state index in [4.69, 9.17) is 0 Å². The number of rotatable bonds is 19. The summed E-state index contributed by atoms with van der Waals surface area (Å²) in [5.74, 6) is 2.06. The number of hydrogen-bond donors (Lipinski definition) is 0. The molecule has 0 aliphatic carbocycles. The molecule has 0 saturated carbocycles. The van der Waals surface area contributed by atoms with E-state index in [1.54, 1.807) is 0 Å². The Morgan fingerprint density at radius 3 is 1.46 bits per heavy atom. The number of hydrogen-bond acceptors (Lipinski definition) is 0. The fraction of sp³-hybridized carbons (Fsp3) is 0.885. The number of aromatic nitrogens is 2. The average Bonchev–Trinajstić information content (AvgIpc) is 3.05. The van der Waals surface area contributed by atoms with Gasteiger partial charge in [0.05, 0.1) is 19.5 Å². The van der Waals surface area contributed by atoms with Crippen LogP contribution < -0.4 is 4.57 Å². The van der Waals surface area contributed by atoms with E-state index in [0.717, 1.165) is 0 Å². The third-order valence-corrected chi connectivity index (χ3v) is 6.14. The van der Waals surface area contributed by atoms with Gasteiger partial charge in [-0.3, -0.25) is 0 Å². The van der Waals surface area contributed by atoms with Crippen molar-refractivity contribution >= 4 is 0 Å². The summed E-state index contributed by atoms with van der Waals surface area (Å²) in [6.45, 7) is 8.07. The molecule has 2 heteroatoms. The van der Waals surface area contributed by atoms with Crippen molar-refractivity contribution in [3.63, 3.8) is 0 Å². The largest absolute Gasteiger partial charge is 0.258 e. The SMILES string of the molecule is CCCCCCCCCCCCCCCCCCC[n+]1ccn(C)c1C(C)C. The summed E-state index contributed by atoms with van der Waals surface area (Å²) in [7, 11) is 2.17. The maximum atomic E-state index is 2.45. The fourth-order valence-electron chi connectivity index (χ4n) is 4.47. The van der Waals surface area contributed by atoms with E-state index >= 15 is 0 Å². The van der Waals surface area contributed by atoms with Crippen LogP contribution in [0.4, 0.5) is 0 Å². The lowest BCUT2D eigenvalue weighted by Crippen LogP contribution is -2.37. The van der Waals surface area contributed by atoms with Crippen LogP contribution in [-0.2, 0) is 13.6 Å². The zero-order chi connectivity index (χ0) is 20.5. The lowest BCUT2D eigenvalue weighted by atomic mass is 10.0. The van der Waals surface area contributed by atoms with Gasteiger partial charge in [-0.25, -0.2) is 9.13 Å². The van der Waals surface area contributed by atoms with Crippen molar-refractivity contribution in [2.24, 2.45) is 7.05 Å². The Morgan fingerprint density at radius 2 is 1.07 bits per heavy atom. The van der Waals surface area contributed by atoms with Crippen LogP contribution >= 0.6 is 0 Å². The van der Waals surface area contributed by atoms with E-state index in [1.807, 2.05) is 0 Å². The molecule has 1 aromatic rings. The molecule has 0 fully saturated rings. The summed E-state index contributed by atoms with van der Waals surface area (Å²) in [4.78, 5) is 0. The molecule has 28 heavy (non-hydrogen) atoms. The first-order chi connectivity index (χ1) is 13.7. The van der Waals surface area contributed by atoms with Gasteiger partial charge in [-0.2, -0.15) is 0 Å². The second kappa shape index (κ2) is 17.1. The normalized spacial score (nSPS) is 11.6. The second-order valence-electron chi connectivity index (χ2n) is 9.27. The molecule has 1 heterocycles. The standard InChI is InChI=1S/C26H51N2/c1-5-6-7-8-9-10-11-12-13-14-15-16-17-18-19-20-21-22-28-24-23-27(4)26(28)25(2)3/h23-25H,5-22H2,1-4H3/q+1. The number of aryl methyl sites for hydroxylation is 2. The maximum Gasteiger partial charge on any atom is 0.258 e. The maximum absolute atomic E-state index is 2.45. The molecule has 1 aromatic heterocycles. The van der Waals surface area contributed by atoms with Crippen molar-refractivity contribution in [3.8, 4) is 0 Å². The van der Waals surface area contributed by atoms with E-state index in [0.29, 0.717) is 5.92 Å². The summed E-state index contributed by atoms with van der Waals surface area (Å²) in [5.41, 5.74) is 0. The van der Waals surface area contributed by atoms with Crippen LogP contribution in [0.3, 0.4) is 0 Å². The molecule has 0 aliphatic heterocycles. The molecule has 0 atom stereocenters. The molecule has 0 radical (unpaired) electrons. The van der Waals surface area contributed by atoms with Crippen molar-refractivity contribution in [2.75, 3.05) is 0 Å². The van der Waals surface area contributed by atoms with Crippen LogP contribution in [0.5, 0.6) is 0 Å². The zero-order valence-electron chi connectivity index (χ0n) is 19.9. The average molecular weight is 392 g/mol. The highest BCUT2D eigenvalue weighted by Crippen LogP contribution is 2.14. The summed E-state index contributed by atoms with van der Waals surface area (Å²) in [6.07, 6.45) is 29.0. The van der Waals surface area contributed by atoms with E-state index in [9.17, 15) is 0 Å². The van der Waals surface area contributed by atoms with Crippen molar-refractivity contribution in [2.45, 2.75) is 142 Å². The van der Waals surface area contributed by atoms with Crippen LogP contribution in [0.2, 0.25) is 0 Å². The van der Waals surface area contributed by atoms with E-state index in [-0.39, 0.29) is 0 Å². The van der Waals surface area contributed by atoms with Crippen LogP contribution in [-0.4, -0.2) is 4.57 Å². The topological polar surface area (TPSA) is 8.81 Å². The quantitative estimate of drug-likeness (QED) is 0.166. The Bertz CT molecular complexity index is 461. The number of nitrogens with zero attached hydrogens (tertiary/aromatic N) is 2. The molecule has 0 aromatic carbocycles. The van der Waals surface area contributed by atoms with E-state index < -0.39 is 0 Å². The minimum Gasteiger partial charge on any atom is -0.237 e. The van der Waals surface area contributed by atoms with Crippen LogP contribution in [0.15, 0.2) is 12.4 Å². The van der Waals surface area contributed by atoms with Crippen molar-refractivity contribution in [3.05, 3.63) is 18.2 Å². The Balaban J connectivity index is 1.82. The van der Waals surface area contributed by atoms with Gasteiger partial charge in [0.1, 0.15) is 12.4 Å². The lowest BCUT2D eigenvalue weighted by molar-refractivity contribution is -0.705. The minimum atomic E-state index is 0.603. The van der Waals surface area contributed by atoms with Gasteiger partial charge >= 0.3 is 0 Å². The Hall–Kier alpha value is -0.790. The van der Waals surface area contributed by atoms with Gasteiger partial charge in [0.25, 0.3) is 5.82 Å². The van der Waals surface area contributed by atoms with Gasteiger partial charge in [-0.15, -0.1) is 0 Å². The number of unbranched alkanes of at least 4 members (excludes halogenated alkanes) is 16. The molecule has 0 spiro atoms. The van der Waals surface area contributed by atoms with E-state index in [1.165, 1.54) is 122 Å². The van der Waals surface area contributed by atoms with E-state index in [2.05, 4.69) is 49.3 Å². The first-order valence-corrected chi connectivity index (χ1v) is 12.7. The molecule has 2 nitrogen and oxygen atoms in total. The monoisotopic (exact) mass is 391 g/mol. The smallest absolute Gasteiger partial charge is 0.237 e. The molecule has 1 rings (SSSR count). The Kier molecular flexibility index (Phi) is 15.4. The molecular formula is C26H51N2+. The molecule has 0 bridgehead atoms. The van der Waals surface area contributed by atoms with Gasteiger partial charge in [0.2, 0.25) is 0 Å². The Morgan fingerprint density at radius 1 is 0.679 bits per heavy atom. The molecule has 164 valence electrons. The fourth-order valence-corrected chi connectivity index (χ4v) is 4.47. The van der Waals surface area contributed by atoms with Crippen molar-refractivity contribution in [1.29, 1.82) is 0 Å². The van der Waals surface area contributed by atoms with Crippen molar-refractivity contribution in [1.82, 2.24) is 4.57 Å². The van der Waals surface area contributed by atoms with Crippen molar-refractivity contribution < 1.29 is 4.57 Å². The predicted octanol–water partition coefficient (Wildman–Crippen LogP) is 8.09. The minimum absolute atomic E-state index is 0.603. The molecule has 0 N–H and O–H groups in total. The summed E-state index contributed by atoms with van der Waals surface area (Å²) in [5, 5.41) is 0. The molecule has 0 aliphatic rings. The zero-order valence-corrected chi connectivity index (χ0v) is 19.9. The second-order valence-corrected chi connectivity index (χ2v) is 9.27.